The molecule has 0 unspecified atom stereocenters. The van der Waals surface area contributed by atoms with Crippen LogP contribution in [-0.2, 0) is 5.41 Å². The number of nitrogens with one attached hydrogen (secondary N) is 1. The predicted octanol–water partition coefficient (Wildman–Crippen LogP) is 12.8. The summed E-state index contributed by atoms with van der Waals surface area (Å²) >= 11 is 0. The topological polar surface area (TPSA) is 15.3 Å². The number of para-hydroxylation sites is 2. The summed E-state index contributed by atoms with van der Waals surface area (Å²) in [6.45, 7) is 9.21. The summed E-state index contributed by atoms with van der Waals surface area (Å²) in [4.78, 5) is 2.55. The summed E-state index contributed by atoms with van der Waals surface area (Å²) in [7, 11) is 2.44. The van der Waals surface area contributed by atoms with Crippen molar-refractivity contribution in [3.05, 3.63) is 198 Å². The SMILES string of the molecule is Cc1cccc(C)c1-c1cc(-c2cc(-c3ccccc3)ccc2Nc2cccc(-c3ccccc3)c2)c2c(c1)N1c3ccccc3C(C)(C)c3cccc(c31)[B]2. The fraction of sp³-hybridized carbons (Fsp3) is 0.0943. The van der Waals surface area contributed by atoms with E-state index in [1.54, 1.807) is 0 Å². The Morgan fingerprint density at radius 1 is 0.482 bits per heavy atom. The molecule has 2 aliphatic rings. The highest BCUT2D eigenvalue weighted by molar-refractivity contribution is 6.73. The second-order valence-electron chi connectivity index (χ2n) is 15.8. The Bertz CT molecular complexity index is 2780. The van der Waals surface area contributed by atoms with Gasteiger partial charge in [-0.25, -0.2) is 0 Å². The van der Waals surface area contributed by atoms with Gasteiger partial charge in [0.2, 0.25) is 0 Å². The lowest BCUT2D eigenvalue weighted by atomic mass is 9.55. The van der Waals surface area contributed by atoms with Crippen LogP contribution in [0.5, 0.6) is 0 Å². The van der Waals surface area contributed by atoms with Gasteiger partial charge in [0.1, 0.15) is 0 Å². The highest BCUT2D eigenvalue weighted by Gasteiger charge is 2.41. The van der Waals surface area contributed by atoms with Crippen molar-refractivity contribution in [2.75, 3.05) is 10.2 Å². The molecule has 0 saturated carbocycles. The number of rotatable bonds is 6. The van der Waals surface area contributed by atoms with Gasteiger partial charge in [0.05, 0.1) is 5.69 Å². The Labute approximate surface area is 331 Å². The quantitative estimate of drug-likeness (QED) is 0.172. The van der Waals surface area contributed by atoms with Crippen LogP contribution in [0.15, 0.2) is 176 Å². The van der Waals surface area contributed by atoms with Gasteiger partial charge in [0, 0.05) is 33.7 Å². The molecule has 0 saturated heterocycles. The third kappa shape index (κ3) is 5.57. The fourth-order valence-corrected chi connectivity index (χ4v) is 9.16. The molecule has 0 aromatic heterocycles. The molecule has 1 radical (unpaired) electrons. The van der Waals surface area contributed by atoms with E-state index in [1.165, 1.54) is 89.2 Å². The molecular formula is C53H42BN2. The average Bonchev–Trinajstić information content (AvgIpc) is 3.23. The van der Waals surface area contributed by atoms with Crippen molar-refractivity contribution in [2.24, 2.45) is 0 Å². The number of anilines is 5. The lowest BCUT2D eigenvalue weighted by Gasteiger charge is -2.46. The van der Waals surface area contributed by atoms with Crippen molar-refractivity contribution in [1.82, 2.24) is 0 Å². The van der Waals surface area contributed by atoms with E-state index < -0.39 is 0 Å². The number of hydrogen-bond acceptors (Lipinski definition) is 2. The summed E-state index contributed by atoms with van der Waals surface area (Å²) in [5, 5.41) is 3.91. The second-order valence-corrected chi connectivity index (χ2v) is 15.8. The minimum Gasteiger partial charge on any atom is -0.355 e. The number of fused-ring (bicyclic) bond motifs is 4. The van der Waals surface area contributed by atoms with Gasteiger partial charge < -0.3 is 10.2 Å². The molecule has 56 heavy (non-hydrogen) atoms. The number of hydrogen-bond donors (Lipinski definition) is 1. The molecule has 0 amide bonds. The van der Waals surface area contributed by atoms with Gasteiger partial charge >= 0.3 is 0 Å². The van der Waals surface area contributed by atoms with Crippen LogP contribution in [-0.4, -0.2) is 7.28 Å². The average molecular weight is 718 g/mol. The Hall–Kier alpha value is -6.58. The summed E-state index contributed by atoms with van der Waals surface area (Å²) in [6, 6.07) is 64.3. The standard InChI is InChI=1S/C53H42BN2/c1-34-16-13-17-35(2)50(34)40-32-43(51-49(33-40)56-48-27-12-11-24-44(48)53(3,4)45-25-15-26-46(54-51)52(45)56)42-31-39(37-20-9-6-10-21-37)28-29-47(42)55-41-23-14-22-38(30-41)36-18-7-5-8-19-36/h5-33,55H,1-4H3. The summed E-state index contributed by atoms with van der Waals surface area (Å²) < 4.78 is 0. The molecule has 0 aliphatic carbocycles. The van der Waals surface area contributed by atoms with Crippen molar-refractivity contribution >= 4 is 46.6 Å². The van der Waals surface area contributed by atoms with Crippen molar-refractivity contribution < 1.29 is 0 Å². The molecule has 3 heteroatoms. The molecule has 1 N–H and O–H groups in total. The summed E-state index contributed by atoms with van der Waals surface area (Å²) in [5.41, 5.74) is 23.0. The zero-order chi connectivity index (χ0) is 38.0. The first-order valence-corrected chi connectivity index (χ1v) is 19.6. The molecule has 10 rings (SSSR count). The van der Waals surface area contributed by atoms with E-state index in [2.05, 4.69) is 221 Å². The normalized spacial score (nSPS) is 13.2. The van der Waals surface area contributed by atoms with Crippen LogP contribution < -0.4 is 21.1 Å². The van der Waals surface area contributed by atoms with E-state index in [0.717, 1.165) is 16.9 Å². The van der Waals surface area contributed by atoms with Crippen LogP contribution in [0.1, 0.15) is 36.1 Å². The molecule has 0 atom stereocenters. The van der Waals surface area contributed by atoms with Crippen molar-refractivity contribution in [1.29, 1.82) is 0 Å². The fourth-order valence-electron chi connectivity index (χ4n) is 9.16. The third-order valence-corrected chi connectivity index (χ3v) is 11.9. The lowest BCUT2D eigenvalue weighted by Crippen LogP contribution is -2.45. The van der Waals surface area contributed by atoms with Crippen molar-refractivity contribution in [3.63, 3.8) is 0 Å². The first-order chi connectivity index (χ1) is 27.3. The maximum atomic E-state index is 3.91. The van der Waals surface area contributed by atoms with Crippen LogP contribution >= 0.6 is 0 Å². The summed E-state index contributed by atoms with van der Waals surface area (Å²) in [6.07, 6.45) is 0. The Balaban J connectivity index is 1.25. The predicted molar refractivity (Wildman–Crippen MR) is 239 cm³/mol. The van der Waals surface area contributed by atoms with E-state index >= 15 is 0 Å². The lowest BCUT2D eigenvalue weighted by molar-refractivity contribution is 0.632. The molecule has 0 spiro atoms. The first kappa shape index (κ1) is 34.0. The third-order valence-electron chi connectivity index (χ3n) is 11.9. The smallest absolute Gasteiger partial charge is 0.197 e. The van der Waals surface area contributed by atoms with Gasteiger partial charge in [0.25, 0.3) is 0 Å². The van der Waals surface area contributed by atoms with Crippen molar-refractivity contribution in [3.8, 4) is 44.5 Å². The zero-order valence-corrected chi connectivity index (χ0v) is 32.3. The summed E-state index contributed by atoms with van der Waals surface area (Å²) in [5.74, 6) is 0. The van der Waals surface area contributed by atoms with E-state index in [9.17, 15) is 0 Å². The maximum Gasteiger partial charge on any atom is 0.197 e. The molecule has 8 aromatic carbocycles. The maximum absolute atomic E-state index is 3.91. The van der Waals surface area contributed by atoms with Crippen LogP contribution in [0.4, 0.5) is 28.4 Å². The van der Waals surface area contributed by atoms with Crippen LogP contribution in [0.25, 0.3) is 44.5 Å². The Morgan fingerprint density at radius 2 is 1.09 bits per heavy atom. The van der Waals surface area contributed by atoms with Gasteiger partial charge in [-0.3, -0.25) is 0 Å². The van der Waals surface area contributed by atoms with Gasteiger partial charge in [-0.05, 0) is 123 Å². The second kappa shape index (κ2) is 13.3. The van der Waals surface area contributed by atoms with Gasteiger partial charge in [-0.1, -0.05) is 153 Å². The minimum absolute atomic E-state index is 0.147. The van der Waals surface area contributed by atoms with Gasteiger partial charge in [-0.15, -0.1) is 0 Å². The Kier molecular flexibility index (Phi) is 8.08. The van der Waals surface area contributed by atoms with Crippen LogP contribution in [0, 0.1) is 13.8 Å². The molecule has 2 nitrogen and oxygen atoms in total. The van der Waals surface area contributed by atoms with Gasteiger partial charge in [0.15, 0.2) is 7.28 Å². The van der Waals surface area contributed by atoms with Gasteiger partial charge in [-0.2, -0.15) is 0 Å². The number of benzene rings is 8. The highest BCUT2D eigenvalue weighted by Crippen LogP contribution is 2.53. The molecule has 0 bridgehead atoms. The number of nitrogens with zero attached hydrogens (tertiary/aromatic N) is 1. The molecular weight excluding hydrogens is 675 g/mol. The molecule has 2 aliphatic heterocycles. The number of aryl methyl sites for hydroxylation is 2. The molecule has 2 heterocycles. The van der Waals surface area contributed by atoms with E-state index in [0.29, 0.717) is 0 Å². The van der Waals surface area contributed by atoms with Crippen LogP contribution in [0.3, 0.4) is 0 Å². The van der Waals surface area contributed by atoms with Crippen LogP contribution in [0.2, 0.25) is 0 Å². The Morgan fingerprint density at radius 3 is 1.84 bits per heavy atom. The van der Waals surface area contributed by atoms with E-state index in [1.807, 2.05) is 0 Å². The monoisotopic (exact) mass is 717 g/mol. The van der Waals surface area contributed by atoms with E-state index in [-0.39, 0.29) is 5.41 Å². The molecule has 0 fully saturated rings. The first-order valence-electron chi connectivity index (χ1n) is 19.6. The minimum atomic E-state index is -0.147. The molecule has 267 valence electrons. The highest BCUT2D eigenvalue weighted by atomic mass is 15.2. The van der Waals surface area contributed by atoms with Crippen molar-refractivity contribution in [2.45, 2.75) is 33.1 Å². The molecule has 8 aromatic rings. The van der Waals surface area contributed by atoms with E-state index in [4.69, 9.17) is 0 Å². The zero-order valence-electron chi connectivity index (χ0n) is 32.3. The largest absolute Gasteiger partial charge is 0.355 e.